The molecule has 176 valence electrons. The van der Waals surface area contributed by atoms with Gasteiger partial charge in [-0.3, -0.25) is 9.59 Å². The molecule has 0 radical (unpaired) electrons. The Bertz CT molecular complexity index is 1110. The fourth-order valence-corrected chi connectivity index (χ4v) is 5.65. The maximum Gasteiger partial charge on any atom is 0.254 e. The summed E-state index contributed by atoms with van der Waals surface area (Å²) in [6.45, 7) is 0.222. The Balaban J connectivity index is 1.31. The maximum atomic E-state index is 13.3. The summed E-state index contributed by atoms with van der Waals surface area (Å²) in [5.74, 6) is 6.29. The highest BCUT2D eigenvalue weighted by Gasteiger charge is 2.54. The molecule has 2 aliphatic heterocycles. The van der Waals surface area contributed by atoms with E-state index in [9.17, 15) is 19.1 Å². The third-order valence-corrected chi connectivity index (χ3v) is 7.45. The number of piperazine rings is 1. The van der Waals surface area contributed by atoms with Crippen LogP contribution in [0.25, 0.3) is 0 Å². The number of hydrogen-bond acceptors (Lipinski definition) is 3. The highest BCUT2D eigenvalue weighted by atomic mass is 19.1. The van der Waals surface area contributed by atoms with E-state index in [-0.39, 0.29) is 43.0 Å². The minimum atomic E-state index is -0.408. The number of aliphatic hydroxyl groups is 1. The zero-order valence-electron chi connectivity index (χ0n) is 19.1. The van der Waals surface area contributed by atoms with Crippen LogP contribution in [-0.2, 0) is 4.79 Å². The molecular weight excluding hydrogens is 431 g/mol. The molecule has 6 heteroatoms. The Morgan fingerprint density at radius 3 is 2.41 bits per heavy atom. The molecule has 34 heavy (non-hydrogen) atoms. The molecule has 3 aliphatic rings. The number of hydrogen-bond donors (Lipinski definition) is 1. The Kier molecular flexibility index (Phi) is 6.38. The molecule has 1 aliphatic carbocycles. The van der Waals surface area contributed by atoms with Crippen molar-refractivity contribution in [3.05, 3.63) is 71.0 Å². The van der Waals surface area contributed by atoms with Crippen molar-refractivity contribution in [1.82, 2.24) is 9.80 Å². The molecule has 0 aromatic heterocycles. The zero-order chi connectivity index (χ0) is 23.7. The van der Waals surface area contributed by atoms with Gasteiger partial charge in [-0.1, -0.05) is 43.2 Å². The number of aliphatic hydroxyl groups excluding tert-OH is 1. The second-order valence-corrected chi connectivity index (χ2v) is 9.56. The third-order valence-electron chi connectivity index (χ3n) is 7.45. The minimum Gasteiger partial charge on any atom is -0.394 e. The van der Waals surface area contributed by atoms with Crippen molar-refractivity contribution >= 4 is 11.8 Å². The standard InChI is InChI=1S/C28H29FN2O3/c29-23-14-12-22(13-15-23)28(34)30-16-24-27(25(18-32)31(24)26(33)17-30)21-10-8-20(9-11-21)7-6-19-4-2-1-3-5-19/h8-15,19,24-25,27,32H,1-5,16-18H2/t24-,25-,27+/m0/s1. The fourth-order valence-electron chi connectivity index (χ4n) is 5.65. The van der Waals surface area contributed by atoms with Gasteiger partial charge in [0.05, 0.1) is 18.7 Å². The number of halogens is 1. The number of amides is 2. The summed E-state index contributed by atoms with van der Waals surface area (Å²) in [4.78, 5) is 29.0. The molecule has 2 aromatic carbocycles. The molecule has 2 saturated heterocycles. The van der Waals surface area contributed by atoms with Crippen LogP contribution < -0.4 is 0 Å². The van der Waals surface area contributed by atoms with Crippen LogP contribution in [0.4, 0.5) is 4.39 Å². The molecule has 3 fully saturated rings. The molecule has 0 spiro atoms. The zero-order valence-corrected chi connectivity index (χ0v) is 19.1. The van der Waals surface area contributed by atoms with E-state index >= 15 is 0 Å². The number of nitrogens with zero attached hydrogens (tertiary/aromatic N) is 2. The van der Waals surface area contributed by atoms with Gasteiger partial charge < -0.3 is 14.9 Å². The molecule has 1 N–H and O–H groups in total. The van der Waals surface area contributed by atoms with Gasteiger partial charge in [0.15, 0.2) is 0 Å². The fraction of sp³-hybridized carbons (Fsp3) is 0.429. The molecule has 0 bridgehead atoms. The maximum absolute atomic E-state index is 13.3. The van der Waals surface area contributed by atoms with E-state index in [1.54, 1.807) is 4.90 Å². The molecule has 2 aromatic rings. The van der Waals surface area contributed by atoms with Gasteiger partial charge in [0.2, 0.25) is 5.91 Å². The Morgan fingerprint density at radius 1 is 1.03 bits per heavy atom. The van der Waals surface area contributed by atoms with Crippen LogP contribution in [0, 0.1) is 23.6 Å². The summed E-state index contributed by atoms with van der Waals surface area (Å²) in [7, 11) is 0. The largest absolute Gasteiger partial charge is 0.394 e. The van der Waals surface area contributed by atoms with Crippen molar-refractivity contribution in [2.45, 2.75) is 50.1 Å². The van der Waals surface area contributed by atoms with Crippen LogP contribution in [0.5, 0.6) is 0 Å². The summed E-state index contributed by atoms with van der Waals surface area (Å²) in [6, 6.07) is 13.0. The highest BCUT2D eigenvalue weighted by Crippen LogP contribution is 2.43. The lowest BCUT2D eigenvalue weighted by atomic mass is 9.73. The van der Waals surface area contributed by atoms with E-state index < -0.39 is 5.82 Å². The molecule has 0 unspecified atom stereocenters. The topological polar surface area (TPSA) is 60.9 Å². The lowest BCUT2D eigenvalue weighted by Gasteiger charge is -2.58. The van der Waals surface area contributed by atoms with E-state index in [2.05, 4.69) is 11.8 Å². The monoisotopic (exact) mass is 460 g/mol. The first kappa shape index (κ1) is 22.6. The number of carbonyl (C=O) groups excluding carboxylic acids is 2. The predicted molar refractivity (Wildman–Crippen MR) is 126 cm³/mol. The van der Waals surface area contributed by atoms with Crippen molar-refractivity contribution < 1.29 is 19.1 Å². The quantitative estimate of drug-likeness (QED) is 0.713. The normalized spacial score (nSPS) is 24.6. The molecule has 3 atom stereocenters. The van der Waals surface area contributed by atoms with E-state index in [0.717, 1.165) is 11.1 Å². The third kappa shape index (κ3) is 4.33. The summed E-state index contributed by atoms with van der Waals surface area (Å²) in [6.07, 6.45) is 6.21. The van der Waals surface area contributed by atoms with Crippen molar-refractivity contribution in [2.75, 3.05) is 19.7 Å². The Hall–Kier alpha value is -3.17. The Morgan fingerprint density at radius 2 is 1.74 bits per heavy atom. The van der Waals surface area contributed by atoms with Gasteiger partial charge in [0.1, 0.15) is 12.4 Å². The lowest BCUT2D eigenvalue weighted by Crippen LogP contribution is -2.73. The second-order valence-electron chi connectivity index (χ2n) is 9.56. The van der Waals surface area contributed by atoms with Crippen LogP contribution in [-0.4, -0.2) is 58.5 Å². The van der Waals surface area contributed by atoms with Crippen molar-refractivity contribution in [2.24, 2.45) is 5.92 Å². The molecule has 5 nitrogen and oxygen atoms in total. The lowest BCUT2D eigenvalue weighted by molar-refractivity contribution is -0.159. The average Bonchev–Trinajstić information content (AvgIpc) is 2.85. The molecule has 2 heterocycles. The van der Waals surface area contributed by atoms with Gasteiger partial charge in [0, 0.05) is 29.5 Å². The van der Waals surface area contributed by atoms with Crippen LogP contribution in [0.1, 0.15) is 59.5 Å². The molecule has 1 saturated carbocycles. The number of benzene rings is 2. The predicted octanol–water partition coefficient (Wildman–Crippen LogP) is 3.57. The van der Waals surface area contributed by atoms with Gasteiger partial charge in [-0.15, -0.1) is 0 Å². The van der Waals surface area contributed by atoms with Crippen LogP contribution in [0.15, 0.2) is 48.5 Å². The second kappa shape index (κ2) is 9.60. The van der Waals surface area contributed by atoms with Gasteiger partial charge >= 0.3 is 0 Å². The molecular formula is C28H29FN2O3. The number of carbonyl (C=O) groups is 2. The van der Waals surface area contributed by atoms with Crippen molar-refractivity contribution in [1.29, 1.82) is 0 Å². The van der Waals surface area contributed by atoms with Crippen LogP contribution in [0.3, 0.4) is 0 Å². The SMILES string of the molecule is O=C(c1ccc(F)cc1)N1CC(=O)N2[C@@H](CO)[C@H](c3ccc(C#CC4CCCCC4)cc3)[C@@H]2C1. The van der Waals surface area contributed by atoms with Crippen molar-refractivity contribution in [3.63, 3.8) is 0 Å². The highest BCUT2D eigenvalue weighted by molar-refractivity contribution is 5.97. The average molecular weight is 461 g/mol. The van der Waals surface area contributed by atoms with Gasteiger partial charge in [0.25, 0.3) is 5.91 Å². The van der Waals surface area contributed by atoms with E-state index in [1.807, 2.05) is 24.3 Å². The van der Waals surface area contributed by atoms with E-state index in [1.165, 1.54) is 61.3 Å². The summed E-state index contributed by atoms with van der Waals surface area (Å²) >= 11 is 0. The molecule has 5 rings (SSSR count). The number of rotatable bonds is 3. The summed E-state index contributed by atoms with van der Waals surface area (Å²) in [5.41, 5.74) is 2.37. The van der Waals surface area contributed by atoms with Crippen molar-refractivity contribution in [3.8, 4) is 11.8 Å². The smallest absolute Gasteiger partial charge is 0.254 e. The van der Waals surface area contributed by atoms with Gasteiger partial charge in [-0.25, -0.2) is 4.39 Å². The Labute approximate surface area is 199 Å². The van der Waals surface area contributed by atoms with Gasteiger partial charge in [-0.2, -0.15) is 0 Å². The molecule has 2 amide bonds. The van der Waals surface area contributed by atoms with Crippen LogP contribution in [0.2, 0.25) is 0 Å². The minimum absolute atomic E-state index is 0.0361. The summed E-state index contributed by atoms with van der Waals surface area (Å²) < 4.78 is 13.3. The van der Waals surface area contributed by atoms with E-state index in [0.29, 0.717) is 18.0 Å². The van der Waals surface area contributed by atoms with E-state index in [4.69, 9.17) is 0 Å². The van der Waals surface area contributed by atoms with Gasteiger partial charge in [-0.05, 0) is 54.8 Å². The first-order chi connectivity index (χ1) is 16.5. The first-order valence-electron chi connectivity index (χ1n) is 12.1. The van der Waals surface area contributed by atoms with Crippen LogP contribution >= 0.6 is 0 Å². The first-order valence-corrected chi connectivity index (χ1v) is 12.1. The number of fused-ring (bicyclic) bond motifs is 1. The summed E-state index contributed by atoms with van der Waals surface area (Å²) in [5, 5.41) is 10.0.